The first-order valence-corrected chi connectivity index (χ1v) is 13.0. The van der Waals surface area contributed by atoms with E-state index in [1.54, 1.807) is 37.5 Å². The zero-order valence-electron chi connectivity index (χ0n) is 21.7. The van der Waals surface area contributed by atoms with Crippen LogP contribution in [-0.2, 0) is 9.59 Å². The summed E-state index contributed by atoms with van der Waals surface area (Å²) >= 11 is 0.873. The van der Waals surface area contributed by atoms with Gasteiger partial charge in [0, 0.05) is 23.5 Å². The van der Waals surface area contributed by atoms with Gasteiger partial charge in [-0.3, -0.25) is 19.3 Å². The average Bonchev–Trinajstić information content (AvgIpc) is 3.07. The van der Waals surface area contributed by atoms with Gasteiger partial charge in [-0.2, -0.15) is 0 Å². The summed E-state index contributed by atoms with van der Waals surface area (Å²) in [5.74, 6) is 0.158. The van der Waals surface area contributed by atoms with E-state index < -0.39 is 17.1 Å². The molecule has 1 atom stereocenters. The van der Waals surface area contributed by atoms with Gasteiger partial charge in [-0.25, -0.2) is 0 Å². The second kappa shape index (κ2) is 10.0. The maximum atomic E-state index is 13.1. The van der Waals surface area contributed by atoms with Gasteiger partial charge < -0.3 is 15.0 Å². The van der Waals surface area contributed by atoms with Gasteiger partial charge in [0.2, 0.25) is 5.91 Å². The Morgan fingerprint density at radius 3 is 2.56 bits per heavy atom. The van der Waals surface area contributed by atoms with Gasteiger partial charge in [-0.05, 0) is 111 Å². The zero-order valence-corrected chi connectivity index (χ0v) is 22.5. The van der Waals surface area contributed by atoms with Gasteiger partial charge in [0.1, 0.15) is 12.3 Å². The Bertz CT molecular complexity index is 1240. The predicted molar refractivity (Wildman–Crippen MR) is 146 cm³/mol. The van der Waals surface area contributed by atoms with Crippen LogP contribution in [0.15, 0.2) is 41.3 Å². The Labute approximate surface area is 216 Å². The van der Waals surface area contributed by atoms with Crippen LogP contribution in [0.5, 0.6) is 5.75 Å². The highest BCUT2D eigenvalue weighted by molar-refractivity contribution is 8.18. The van der Waals surface area contributed by atoms with Crippen molar-refractivity contribution in [3.8, 4) is 5.75 Å². The third-order valence-electron chi connectivity index (χ3n) is 6.93. The summed E-state index contributed by atoms with van der Waals surface area (Å²) in [6.07, 6.45) is 2.82. The average molecular weight is 508 g/mol. The van der Waals surface area contributed by atoms with Crippen LogP contribution in [0.4, 0.5) is 16.2 Å². The first-order chi connectivity index (χ1) is 17.0. The fourth-order valence-corrected chi connectivity index (χ4v) is 6.03. The second-order valence-electron chi connectivity index (χ2n) is 9.97. The van der Waals surface area contributed by atoms with E-state index >= 15 is 0 Å². The lowest BCUT2D eigenvalue weighted by molar-refractivity contribution is -0.127. The largest absolute Gasteiger partial charge is 0.497 e. The summed E-state index contributed by atoms with van der Waals surface area (Å²) in [5, 5.41) is 2.27. The summed E-state index contributed by atoms with van der Waals surface area (Å²) in [6.45, 7) is 11.6. The van der Waals surface area contributed by atoms with Crippen molar-refractivity contribution in [2.45, 2.75) is 52.5 Å². The van der Waals surface area contributed by atoms with E-state index in [1.165, 1.54) is 11.3 Å². The molecule has 3 amide bonds. The second-order valence-corrected chi connectivity index (χ2v) is 11.0. The van der Waals surface area contributed by atoms with Crippen LogP contribution in [0.25, 0.3) is 6.08 Å². The molecule has 0 saturated carbocycles. The molecule has 0 aromatic heterocycles. The van der Waals surface area contributed by atoms with Crippen molar-refractivity contribution in [1.29, 1.82) is 0 Å². The normalized spacial score (nSPS) is 20.1. The van der Waals surface area contributed by atoms with Crippen LogP contribution >= 0.6 is 11.8 Å². The highest BCUT2D eigenvalue weighted by atomic mass is 32.2. The SMILES string of the molecule is CCN1c2cc(C)c(/C=C3\SC(=O)N(CC(=O)Nc4ccc(OC)cc4)C3=O)cc2C(C)CC1(C)C. The Morgan fingerprint density at radius 1 is 1.22 bits per heavy atom. The number of thioether (sulfide) groups is 1. The zero-order chi connectivity index (χ0) is 26.2. The summed E-state index contributed by atoms with van der Waals surface area (Å²) in [6, 6.07) is 11.2. The molecule has 0 spiro atoms. The number of imide groups is 1. The van der Waals surface area contributed by atoms with Gasteiger partial charge in [0.05, 0.1) is 12.0 Å². The van der Waals surface area contributed by atoms with Crippen LogP contribution in [0.1, 0.15) is 56.7 Å². The van der Waals surface area contributed by atoms with Crippen LogP contribution in [0, 0.1) is 6.92 Å². The van der Waals surface area contributed by atoms with Crippen molar-refractivity contribution in [3.63, 3.8) is 0 Å². The summed E-state index contributed by atoms with van der Waals surface area (Å²) in [5.41, 5.74) is 5.09. The molecule has 2 aliphatic rings. The summed E-state index contributed by atoms with van der Waals surface area (Å²) in [4.78, 5) is 41.9. The molecule has 0 bridgehead atoms. The van der Waals surface area contributed by atoms with Crippen LogP contribution in [-0.4, -0.2) is 47.7 Å². The van der Waals surface area contributed by atoms with Crippen molar-refractivity contribution in [2.24, 2.45) is 0 Å². The van der Waals surface area contributed by atoms with Gasteiger partial charge in [0.15, 0.2) is 0 Å². The van der Waals surface area contributed by atoms with Crippen molar-refractivity contribution in [3.05, 3.63) is 58.0 Å². The first kappa shape index (κ1) is 25.8. The smallest absolute Gasteiger partial charge is 0.294 e. The minimum atomic E-state index is -0.448. The number of nitrogens with one attached hydrogen (secondary N) is 1. The molecule has 4 rings (SSSR count). The third-order valence-corrected chi connectivity index (χ3v) is 7.83. The van der Waals surface area contributed by atoms with E-state index in [0.29, 0.717) is 22.3 Å². The van der Waals surface area contributed by atoms with E-state index in [0.717, 1.165) is 40.8 Å². The highest BCUT2D eigenvalue weighted by Crippen LogP contribution is 2.45. The molecule has 1 N–H and O–H groups in total. The van der Waals surface area contributed by atoms with Gasteiger partial charge >= 0.3 is 0 Å². The summed E-state index contributed by atoms with van der Waals surface area (Å²) < 4.78 is 5.11. The maximum absolute atomic E-state index is 13.1. The molecule has 2 aliphatic heterocycles. The number of amides is 3. The maximum Gasteiger partial charge on any atom is 0.294 e. The molecule has 190 valence electrons. The Balaban J connectivity index is 1.53. The van der Waals surface area contributed by atoms with Crippen LogP contribution < -0.4 is 15.0 Å². The van der Waals surface area contributed by atoms with E-state index in [9.17, 15) is 14.4 Å². The molecule has 0 radical (unpaired) electrons. The lowest BCUT2D eigenvalue weighted by Crippen LogP contribution is -2.48. The molecule has 2 aromatic rings. The number of carbonyl (C=O) groups is 3. The molecule has 2 aromatic carbocycles. The lowest BCUT2D eigenvalue weighted by atomic mass is 9.79. The van der Waals surface area contributed by atoms with Crippen molar-refractivity contribution < 1.29 is 19.1 Å². The molecule has 7 nitrogen and oxygen atoms in total. The first-order valence-electron chi connectivity index (χ1n) is 12.2. The quantitative estimate of drug-likeness (QED) is 0.499. The van der Waals surface area contributed by atoms with E-state index in [-0.39, 0.29) is 12.1 Å². The number of carbonyl (C=O) groups excluding carboxylic acids is 3. The molecule has 8 heteroatoms. The fourth-order valence-electron chi connectivity index (χ4n) is 5.20. The monoisotopic (exact) mass is 507 g/mol. The molecule has 1 unspecified atom stereocenters. The minimum absolute atomic E-state index is 0.0736. The molecular weight excluding hydrogens is 474 g/mol. The Morgan fingerprint density at radius 2 is 1.92 bits per heavy atom. The van der Waals surface area contributed by atoms with E-state index in [4.69, 9.17) is 4.74 Å². The van der Waals surface area contributed by atoms with E-state index in [2.05, 4.69) is 50.0 Å². The number of anilines is 2. The summed E-state index contributed by atoms with van der Waals surface area (Å²) in [7, 11) is 1.56. The molecule has 1 fully saturated rings. The number of hydrogen-bond donors (Lipinski definition) is 1. The number of methoxy groups -OCH3 is 1. The van der Waals surface area contributed by atoms with Gasteiger partial charge in [-0.15, -0.1) is 0 Å². The number of rotatable bonds is 6. The molecule has 36 heavy (non-hydrogen) atoms. The number of benzene rings is 2. The Hall–Kier alpha value is -3.26. The van der Waals surface area contributed by atoms with Crippen molar-refractivity contribution in [2.75, 3.05) is 30.4 Å². The van der Waals surface area contributed by atoms with Crippen molar-refractivity contribution >= 4 is 46.3 Å². The number of fused-ring (bicyclic) bond motifs is 1. The number of hydrogen-bond acceptors (Lipinski definition) is 6. The Kier molecular flexibility index (Phi) is 7.18. The lowest BCUT2D eigenvalue weighted by Gasteiger charge is -2.47. The van der Waals surface area contributed by atoms with Crippen LogP contribution in [0.2, 0.25) is 0 Å². The van der Waals surface area contributed by atoms with Gasteiger partial charge in [0.25, 0.3) is 11.1 Å². The molecule has 2 heterocycles. The van der Waals surface area contributed by atoms with Crippen molar-refractivity contribution in [1.82, 2.24) is 4.90 Å². The van der Waals surface area contributed by atoms with E-state index in [1.807, 2.05) is 6.92 Å². The number of aryl methyl sites for hydroxylation is 1. The highest BCUT2D eigenvalue weighted by Gasteiger charge is 2.38. The number of nitrogens with zero attached hydrogens (tertiary/aromatic N) is 2. The topological polar surface area (TPSA) is 79.0 Å². The predicted octanol–water partition coefficient (Wildman–Crippen LogP) is 5.79. The third kappa shape index (κ3) is 5.00. The molecule has 0 aliphatic carbocycles. The minimum Gasteiger partial charge on any atom is -0.497 e. The standard InChI is InChI=1S/C28H33N3O4S/c1-7-31-23-12-17(2)19(13-22(23)18(3)15-28(31,4)5)14-24-26(33)30(27(34)36-24)16-25(32)29-20-8-10-21(35-6)11-9-20/h8-14,18H,7,15-16H2,1-6H3,(H,29,32)/b24-14-. The van der Waals surface area contributed by atoms with Gasteiger partial charge in [-0.1, -0.05) is 6.92 Å². The fraction of sp³-hybridized carbons (Fsp3) is 0.393. The molecular formula is C28H33N3O4S. The van der Waals surface area contributed by atoms with Crippen LogP contribution in [0.3, 0.4) is 0 Å². The number of ether oxygens (including phenoxy) is 1. The molecule has 1 saturated heterocycles.